The van der Waals surface area contributed by atoms with Crippen molar-refractivity contribution in [1.82, 2.24) is 5.32 Å². The number of carboxylic acids is 1. The fraction of sp³-hybridized carbons (Fsp3) is 0.273. The Hall–Kier alpha value is -1.95. The van der Waals surface area contributed by atoms with Crippen molar-refractivity contribution in [2.24, 2.45) is 0 Å². The molecule has 0 saturated heterocycles. The first-order valence-electron chi connectivity index (χ1n) is 4.87. The molecule has 0 aliphatic carbocycles. The molecule has 1 unspecified atom stereocenters. The summed E-state index contributed by atoms with van der Waals surface area (Å²) in [5.74, 6) is -2.42. The number of carboxylic acid groups (broad SMARTS) is 1. The molecule has 3 N–H and O–H groups in total. The largest absolute Gasteiger partial charge is 0.479 e. The second-order valence-corrected chi connectivity index (χ2v) is 3.52. The van der Waals surface area contributed by atoms with Crippen molar-refractivity contribution in [2.75, 3.05) is 6.54 Å². The summed E-state index contributed by atoms with van der Waals surface area (Å²) in [6.45, 7) is 1.16. The van der Waals surface area contributed by atoms with E-state index in [1.807, 2.05) is 0 Å². The van der Waals surface area contributed by atoms with Gasteiger partial charge in [0.1, 0.15) is 5.82 Å². The van der Waals surface area contributed by atoms with E-state index < -0.39 is 30.3 Å². The summed E-state index contributed by atoms with van der Waals surface area (Å²) in [7, 11) is 0. The number of benzene rings is 1. The number of aliphatic hydroxyl groups excluding tert-OH is 1. The highest BCUT2D eigenvalue weighted by molar-refractivity contribution is 5.95. The van der Waals surface area contributed by atoms with Gasteiger partial charge in [-0.15, -0.1) is 0 Å². The predicted molar refractivity (Wildman–Crippen MR) is 57.1 cm³/mol. The number of halogens is 1. The average Bonchev–Trinajstić information content (AvgIpc) is 2.25. The number of nitrogens with one attached hydrogen (secondary N) is 1. The van der Waals surface area contributed by atoms with E-state index in [1.165, 1.54) is 12.1 Å². The molecule has 92 valence electrons. The first-order chi connectivity index (χ1) is 7.91. The monoisotopic (exact) mass is 241 g/mol. The zero-order chi connectivity index (χ0) is 13.0. The van der Waals surface area contributed by atoms with Crippen LogP contribution in [0.4, 0.5) is 4.39 Å². The highest BCUT2D eigenvalue weighted by Gasteiger charge is 2.15. The maximum atomic E-state index is 12.8. The summed E-state index contributed by atoms with van der Waals surface area (Å²) < 4.78 is 12.8. The first kappa shape index (κ1) is 13.1. The van der Waals surface area contributed by atoms with E-state index in [9.17, 15) is 14.0 Å². The van der Waals surface area contributed by atoms with Crippen LogP contribution in [-0.4, -0.2) is 34.7 Å². The van der Waals surface area contributed by atoms with Crippen molar-refractivity contribution < 1.29 is 24.2 Å². The molecule has 0 fully saturated rings. The van der Waals surface area contributed by atoms with Crippen LogP contribution in [0, 0.1) is 12.7 Å². The lowest BCUT2D eigenvalue weighted by Crippen LogP contribution is -2.36. The van der Waals surface area contributed by atoms with E-state index in [-0.39, 0.29) is 5.56 Å². The van der Waals surface area contributed by atoms with E-state index >= 15 is 0 Å². The number of aryl methyl sites for hydroxylation is 1. The van der Waals surface area contributed by atoms with Gasteiger partial charge in [0.25, 0.3) is 5.91 Å². The van der Waals surface area contributed by atoms with E-state index in [2.05, 4.69) is 5.32 Å². The van der Waals surface area contributed by atoms with Crippen LogP contribution in [-0.2, 0) is 4.79 Å². The van der Waals surface area contributed by atoms with Crippen LogP contribution < -0.4 is 5.32 Å². The van der Waals surface area contributed by atoms with Crippen LogP contribution in [0.3, 0.4) is 0 Å². The van der Waals surface area contributed by atoms with Gasteiger partial charge in [0, 0.05) is 5.56 Å². The van der Waals surface area contributed by atoms with E-state index in [4.69, 9.17) is 10.2 Å². The van der Waals surface area contributed by atoms with Gasteiger partial charge in [0.2, 0.25) is 0 Å². The van der Waals surface area contributed by atoms with Gasteiger partial charge in [-0.3, -0.25) is 4.79 Å². The Morgan fingerprint density at radius 1 is 1.47 bits per heavy atom. The lowest BCUT2D eigenvalue weighted by molar-refractivity contribution is -0.146. The maximum Gasteiger partial charge on any atom is 0.334 e. The predicted octanol–water partition coefficient (Wildman–Crippen LogP) is 0.309. The van der Waals surface area contributed by atoms with Gasteiger partial charge in [0.15, 0.2) is 6.10 Å². The summed E-state index contributed by atoms with van der Waals surface area (Å²) in [5, 5.41) is 19.6. The molecule has 0 heterocycles. The molecule has 0 spiro atoms. The number of carbonyl (C=O) groups is 2. The van der Waals surface area contributed by atoms with Gasteiger partial charge in [0.05, 0.1) is 6.54 Å². The molecule has 0 saturated carbocycles. The Kier molecular flexibility index (Phi) is 4.17. The van der Waals surface area contributed by atoms with Crippen molar-refractivity contribution in [3.05, 3.63) is 35.1 Å². The molecule has 1 aromatic carbocycles. The van der Waals surface area contributed by atoms with Gasteiger partial charge < -0.3 is 15.5 Å². The molecule has 1 amide bonds. The zero-order valence-electron chi connectivity index (χ0n) is 9.11. The number of amides is 1. The van der Waals surface area contributed by atoms with Crippen LogP contribution in [0.15, 0.2) is 18.2 Å². The van der Waals surface area contributed by atoms with Crippen molar-refractivity contribution in [1.29, 1.82) is 0 Å². The molecule has 0 aromatic heterocycles. The fourth-order valence-corrected chi connectivity index (χ4v) is 1.25. The van der Waals surface area contributed by atoms with E-state index in [0.717, 1.165) is 6.07 Å². The summed E-state index contributed by atoms with van der Waals surface area (Å²) in [6, 6.07) is 3.63. The van der Waals surface area contributed by atoms with Crippen molar-refractivity contribution in [2.45, 2.75) is 13.0 Å². The van der Waals surface area contributed by atoms with Crippen LogP contribution >= 0.6 is 0 Å². The highest BCUT2D eigenvalue weighted by atomic mass is 19.1. The molecular weight excluding hydrogens is 229 g/mol. The minimum absolute atomic E-state index is 0.240. The minimum atomic E-state index is -1.65. The summed E-state index contributed by atoms with van der Waals surface area (Å²) in [4.78, 5) is 21.9. The topological polar surface area (TPSA) is 86.6 Å². The van der Waals surface area contributed by atoms with Crippen LogP contribution in [0.5, 0.6) is 0 Å². The molecule has 0 aliphatic heterocycles. The third kappa shape index (κ3) is 3.53. The Labute approximate surface area is 96.9 Å². The number of aliphatic carboxylic acids is 1. The molecule has 17 heavy (non-hydrogen) atoms. The van der Waals surface area contributed by atoms with Gasteiger partial charge >= 0.3 is 5.97 Å². The summed E-state index contributed by atoms with van der Waals surface area (Å²) in [6.07, 6.45) is -1.65. The highest BCUT2D eigenvalue weighted by Crippen LogP contribution is 2.09. The van der Waals surface area contributed by atoms with Gasteiger partial charge in [-0.2, -0.15) is 0 Å². The number of hydrogen-bond donors (Lipinski definition) is 3. The number of hydrogen-bond acceptors (Lipinski definition) is 3. The molecule has 0 aliphatic rings. The van der Waals surface area contributed by atoms with Crippen LogP contribution in [0.25, 0.3) is 0 Å². The number of rotatable bonds is 4. The number of aliphatic hydroxyl groups is 1. The average molecular weight is 241 g/mol. The second kappa shape index (κ2) is 5.40. The zero-order valence-corrected chi connectivity index (χ0v) is 9.11. The molecule has 1 rings (SSSR count). The maximum absolute atomic E-state index is 12.8. The van der Waals surface area contributed by atoms with Crippen molar-refractivity contribution in [3.8, 4) is 0 Å². The summed E-state index contributed by atoms with van der Waals surface area (Å²) >= 11 is 0. The van der Waals surface area contributed by atoms with Gasteiger partial charge in [-0.1, -0.05) is 0 Å². The Morgan fingerprint density at radius 2 is 2.12 bits per heavy atom. The fourth-order valence-electron chi connectivity index (χ4n) is 1.25. The molecular formula is C11H12FNO4. The summed E-state index contributed by atoms with van der Waals surface area (Å²) in [5.41, 5.74) is 0.677. The lowest BCUT2D eigenvalue weighted by atomic mass is 10.1. The molecule has 1 aromatic rings. The second-order valence-electron chi connectivity index (χ2n) is 3.52. The standard InChI is InChI=1S/C11H12FNO4/c1-6-4-7(12)2-3-8(6)10(15)13-5-9(14)11(16)17/h2-4,9,14H,5H2,1H3,(H,13,15)(H,16,17). The first-order valence-corrected chi connectivity index (χ1v) is 4.87. The smallest absolute Gasteiger partial charge is 0.334 e. The normalized spacial score (nSPS) is 11.9. The molecule has 1 atom stereocenters. The van der Waals surface area contributed by atoms with E-state index in [1.54, 1.807) is 6.92 Å². The Bertz CT molecular complexity index is 447. The third-order valence-electron chi connectivity index (χ3n) is 2.17. The molecule has 6 heteroatoms. The van der Waals surface area contributed by atoms with Crippen molar-refractivity contribution >= 4 is 11.9 Å². The third-order valence-corrected chi connectivity index (χ3v) is 2.17. The van der Waals surface area contributed by atoms with E-state index in [0.29, 0.717) is 5.56 Å². The SMILES string of the molecule is Cc1cc(F)ccc1C(=O)NCC(O)C(=O)O. The lowest BCUT2D eigenvalue weighted by Gasteiger charge is -2.09. The molecule has 5 nitrogen and oxygen atoms in total. The van der Waals surface area contributed by atoms with Crippen LogP contribution in [0.2, 0.25) is 0 Å². The molecule has 0 bridgehead atoms. The van der Waals surface area contributed by atoms with Crippen LogP contribution in [0.1, 0.15) is 15.9 Å². The van der Waals surface area contributed by atoms with Gasteiger partial charge in [-0.25, -0.2) is 9.18 Å². The minimum Gasteiger partial charge on any atom is -0.479 e. The molecule has 0 radical (unpaired) electrons. The Morgan fingerprint density at radius 3 is 2.65 bits per heavy atom. The quantitative estimate of drug-likeness (QED) is 0.708. The van der Waals surface area contributed by atoms with Gasteiger partial charge in [-0.05, 0) is 30.7 Å². The Balaban J connectivity index is 2.67. The van der Waals surface area contributed by atoms with Crippen molar-refractivity contribution in [3.63, 3.8) is 0 Å². The number of carbonyl (C=O) groups excluding carboxylic acids is 1.